The van der Waals surface area contributed by atoms with Gasteiger partial charge in [0, 0.05) is 5.69 Å². The molecule has 1 saturated carbocycles. The average Bonchev–Trinajstić information content (AvgIpc) is 2.89. The van der Waals surface area contributed by atoms with E-state index in [0.717, 1.165) is 55.7 Å². The largest absolute Gasteiger partial charge is 0.477 e. The van der Waals surface area contributed by atoms with Gasteiger partial charge in [-0.05, 0) is 62.0 Å². The number of carbonyl (C=O) groups is 1. The lowest BCUT2D eigenvalue weighted by Crippen LogP contribution is -2.29. The van der Waals surface area contributed by atoms with Crippen molar-refractivity contribution in [3.8, 4) is 5.88 Å². The minimum atomic E-state index is -0.940. The number of ether oxygens (including phenoxy) is 1. The van der Waals surface area contributed by atoms with Gasteiger partial charge in [0.15, 0.2) is 0 Å². The van der Waals surface area contributed by atoms with Crippen molar-refractivity contribution in [1.29, 1.82) is 0 Å². The number of pyridine rings is 1. The van der Waals surface area contributed by atoms with Crippen molar-refractivity contribution in [2.45, 2.75) is 58.5 Å². The van der Waals surface area contributed by atoms with Gasteiger partial charge in [-0.1, -0.05) is 13.8 Å². The SMILES string of the molecule is CC1CCC(Oc2nc3c(cc2C(=O)O)CCC3)CC1C. The molecule has 3 unspecified atom stereocenters. The van der Waals surface area contributed by atoms with Crippen LogP contribution in [0.5, 0.6) is 5.88 Å². The standard InChI is InChI=1S/C17H23NO3/c1-10-6-7-13(8-11(10)2)21-16-14(17(19)20)9-12-4-3-5-15(12)18-16/h9-11,13H,3-8H2,1-2H3,(H,19,20). The summed E-state index contributed by atoms with van der Waals surface area (Å²) in [7, 11) is 0. The molecule has 0 aliphatic heterocycles. The number of nitrogens with zero attached hydrogens (tertiary/aromatic N) is 1. The van der Waals surface area contributed by atoms with Crippen LogP contribution in [0.15, 0.2) is 6.07 Å². The Bertz CT molecular complexity index is 555. The summed E-state index contributed by atoms with van der Waals surface area (Å²) in [6, 6.07) is 1.77. The van der Waals surface area contributed by atoms with Crippen molar-refractivity contribution in [2.75, 3.05) is 0 Å². The van der Waals surface area contributed by atoms with Crippen LogP contribution >= 0.6 is 0 Å². The predicted molar refractivity (Wildman–Crippen MR) is 79.8 cm³/mol. The number of fused-ring (bicyclic) bond motifs is 1. The zero-order valence-corrected chi connectivity index (χ0v) is 12.8. The van der Waals surface area contributed by atoms with Crippen LogP contribution in [0.25, 0.3) is 0 Å². The summed E-state index contributed by atoms with van der Waals surface area (Å²) >= 11 is 0. The zero-order valence-electron chi connectivity index (χ0n) is 12.8. The fraction of sp³-hybridized carbons (Fsp3) is 0.647. The van der Waals surface area contributed by atoms with E-state index in [1.165, 1.54) is 0 Å². The van der Waals surface area contributed by atoms with Gasteiger partial charge in [-0.15, -0.1) is 0 Å². The van der Waals surface area contributed by atoms with Crippen LogP contribution in [-0.2, 0) is 12.8 Å². The van der Waals surface area contributed by atoms with E-state index < -0.39 is 5.97 Å². The minimum absolute atomic E-state index is 0.0984. The average molecular weight is 289 g/mol. The van der Waals surface area contributed by atoms with E-state index in [-0.39, 0.29) is 11.7 Å². The summed E-state index contributed by atoms with van der Waals surface area (Å²) in [5.41, 5.74) is 2.32. The molecule has 2 aliphatic rings. The van der Waals surface area contributed by atoms with E-state index >= 15 is 0 Å². The molecule has 0 amide bonds. The predicted octanol–water partition coefficient (Wildman–Crippen LogP) is 3.47. The van der Waals surface area contributed by atoms with Gasteiger partial charge < -0.3 is 9.84 Å². The lowest BCUT2D eigenvalue weighted by atomic mass is 9.80. The quantitative estimate of drug-likeness (QED) is 0.925. The summed E-state index contributed by atoms with van der Waals surface area (Å²) in [4.78, 5) is 16.0. The monoisotopic (exact) mass is 289 g/mol. The van der Waals surface area contributed by atoms with Crippen LogP contribution in [0.1, 0.15) is 61.1 Å². The maximum Gasteiger partial charge on any atom is 0.341 e. The first kappa shape index (κ1) is 14.4. The Hall–Kier alpha value is -1.58. The van der Waals surface area contributed by atoms with Crippen LogP contribution < -0.4 is 4.74 Å². The number of hydrogen-bond acceptors (Lipinski definition) is 3. The third-order valence-corrected chi connectivity index (χ3v) is 5.07. The van der Waals surface area contributed by atoms with Gasteiger partial charge >= 0.3 is 5.97 Å². The number of hydrogen-bond donors (Lipinski definition) is 1. The Morgan fingerprint density at radius 1 is 1.29 bits per heavy atom. The summed E-state index contributed by atoms with van der Waals surface area (Å²) in [6.45, 7) is 4.52. The molecule has 2 aliphatic carbocycles. The first-order valence-corrected chi connectivity index (χ1v) is 7.97. The number of rotatable bonds is 3. The van der Waals surface area contributed by atoms with Gasteiger partial charge in [0.05, 0.1) is 0 Å². The molecule has 1 N–H and O–H groups in total. The lowest BCUT2D eigenvalue weighted by molar-refractivity contribution is 0.0669. The van der Waals surface area contributed by atoms with Crippen molar-refractivity contribution < 1.29 is 14.6 Å². The van der Waals surface area contributed by atoms with Crippen molar-refractivity contribution in [3.63, 3.8) is 0 Å². The Balaban J connectivity index is 1.83. The van der Waals surface area contributed by atoms with Crippen molar-refractivity contribution >= 4 is 5.97 Å². The van der Waals surface area contributed by atoms with Crippen LogP contribution in [0, 0.1) is 11.8 Å². The normalized spacial score (nSPS) is 28.2. The number of carboxylic acids is 1. The van der Waals surface area contributed by atoms with E-state index in [9.17, 15) is 9.90 Å². The number of aryl methyl sites for hydroxylation is 2. The molecular formula is C17H23NO3. The third kappa shape index (κ3) is 2.89. The van der Waals surface area contributed by atoms with E-state index in [4.69, 9.17) is 4.74 Å². The second-order valence-corrected chi connectivity index (χ2v) is 6.61. The highest BCUT2D eigenvalue weighted by Gasteiger charge is 2.28. The molecule has 3 rings (SSSR count). The highest BCUT2D eigenvalue weighted by atomic mass is 16.5. The second-order valence-electron chi connectivity index (χ2n) is 6.61. The van der Waals surface area contributed by atoms with Crippen molar-refractivity contribution in [1.82, 2.24) is 4.98 Å². The second kappa shape index (κ2) is 5.66. The topological polar surface area (TPSA) is 59.4 Å². The number of aromatic carboxylic acids is 1. The lowest BCUT2D eigenvalue weighted by Gasteiger charge is -2.32. The van der Waals surface area contributed by atoms with E-state index in [2.05, 4.69) is 18.8 Å². The van der Waals surface area contributed by atoms with Crippen LogP contribution in [0.4, 0.5) is 0 Å². The van der Waals surface area contributed by atoms with Gasteiger partial charge in [0.25, 0.3) is 0 Å². The Kier molecular flexibility index (Phi) is 3.87. The first-order valence-electron chi connectivity index (χ1n) is 7.97. The molecule has 0 aromatic carbocycles. The Morgan fingerprint density at radius 3 is 2.81 bits per heavy atom. The van der Waals surface area contributed by atoms with Gasteiger partial charge in [-0.2, -0.15) is 0 Å². The molecule has 21 heavy (non-hydrogen) atoms. The van der Waals surface area contributed by atoms with Crippen LogP contribution in [0.2, 0.25) is 0 Å². The molecule has 0 spiro atoms. The zero-order chi connectivity index (χ0) is 15.0. The number of aromatic nitrogens is 1. The third-order valence-electron chi connectivity index (χ3n) is 5.07. The summed E-state index contributed by atoms with van der Waals surface area (Å²) in [5.74, 6) is 0.725. The van der Waals surface area contributed by atoms with E-state index in [1.54, 1.807) is 6.07 Å². The fourth-order valence-electron chi connectivity index (χ4n) is 3.46. The van der Waals surface area contributed by atoms with E-state index in [1.807, 2.05) is 0 Å². The fourth-order valence-corrected chi connectivity index (χ4v) is 3.46. The highest BCUT2D eigenvalue weighted by molar-refractivity contribution is 5.90. The van der Waals surface area contributed by atoms with E-state index in [0.29, 0.717) is 11.8 Å². The molecule has 1 aromatic rings. The molecule has 114 valence electrons. The maximum absolute atomic E-state index is 11.5. The molecule has 1 heterocycles. The number of carboxylic acid groups (broad SMARTS) is 1. The van der Waals surface area contributed by atoms with Gasteiger partial charge in [0.1, 0.15) is 11.7 Å². The molecule has 1 aromatic heterocycles. The maximum atomic E-state index is 11.5. The smallest absolute Gasteiger partial charge is 0.341 e. The highest BCUT2D eigenvalue weighted by Crippen LogP contribution is 2.33. The van der Waals surface area contributed by atoms with Gasteiger partial charge in [-0.3, -0.25) is 0 Å². The van der Waals surface area contributed by atoms with Crippen molar-refractivity contribution in [3.05, 3.63) is 22.9 Å². The molecule has 0 saturated heterocycles. The molecule has 4 nitrogen and oxygen atoms in total. The molecule has 0 bridgehead atoms. The van der Waals surface area contributed by atoms with Gasteiger partial charge in [-0.25, -0.2) is 9.78 Å². The summed E-state index contributed by atoms with van der Waals surface area (Å²) in [5, 5.41) is 9.40. The van der Waals surface area contributed by atoms with Crippen LogP contribution in [-0.4, -0.2) is 22.2 Å². The minimum Gasteiger partial charge on any atom is -0.477 e. The van der Waals surface area contributed by atoms with Crippen LogP contribution in [0.3, 0.4) is 0 Å². The molecule has 0 radical (unpaired) electrons. The molecular weight excluding hydrogens is 266 g/mol. The van der Waals surface area contributed by atoms with Gasteiger partial charge in [0.2, 0.25) is 5.88 Å². The summed E-state index contributed by atoms with van der Waals surface area (Å²) in [6.07, 6.45) is 6.13. The molecule has 1 fully saturated rings. The van der Waals surface area contributed by atoms with Crippen molar-refractivity contribution in [2.24, 2.45) is 11.8 Å². The summed E-state index contributed by atoms with van der Waals surface area (Å²) < 4.78 is 6.00. The Morgan fingerprint density at radius 2 is 2.10 bits per heavy atom. The molecule has 3 atom stereocenters. The Labute approximate surface area is 125 Å². The molecule has 4 heteroatoms. The first-order chi connectivity index (χ1) is 10.0.